The van der Waals surface area contributed by atoms with Gasteiger partial charge in [-0.2, -0.15) is 0 Å². The van der Waals surface area contributed by atoms with Crippen LogP contribution in [0.5, 0.6) is 0 Å². The first-order valence-corrected chi connectivity index (χ1v) is 9.18. The molecule has 1 amide bonds. The molecule has 2 N–H and O–H groups in total. The Morgan fingerprint density at radius 1 is 1.16 bits per heavy atom. The summed E-state index contributed by atoms with van der Waals surface area (Å²) < 4.78 is 0. The lowest BCUT2D eigenvalue weighted by Gasteiger charge is -2.24. The van der Waals surface area contributed by atoms with E-state index in [9.17, 15) is 14.7 Å². The zero-order chi connectivity index (χ0) is 17.6. The van der Waals surface area contributed by atoms with Gasteiger partial charge in [0.1, 0.15) is 5.01 Å². The van der Waals surface area contributed by atoms with Crippen molar-refractivity contribution < 1.29 is 14.7 Å². The highest BCUT2D eigenvalue weighted by atomic mass is 32.1. The minimum atomic E-state index is -0.906. The zero-order valence-corrected chi connectivity index (χ0v) is 14.5. The lowest BCUT2D eigenvalue weighted by Crippen LogP contribution is -2.39. The first-order valence-electron chi connectivity index (χ1n) is 8.30. The molecule has 0 unspecified atom stereocenters. The number of aromatic nitrogens is 1. The van der Waals surface area contributed by atoms with Gasteiger partial charge in [0.2, 0.25) is 5.91 Å². The summed E-state index contributed by atoms with van der Waals surface area (Å²) in [6, 6.07) is 9.97. The van der Waals surface area contributed by atoms with Gasteiger partial charge in [0.25, 0.3) is 0 Å². The molecule has 0 spiro atoms. The molecule has 1 aromatic carbocycles. The van der Waals surface area contributed by atoms with Crippen LogP contribution >= 0.6 is 11.3 Å². The van der Waals surface area contributed by atoms with Gasteiger partial charge in [-0.05, 0) is 12.8 Å². The molecule has 1 aromatic heterocycles. The van der Waals surface area contributed by atoms with Crippen LogP contribution in [-0.4, -0.2) is 28.5 Å². The number of rotatable bonds is 6. The van der Waals surface area contributed by atoms with Crippen LogP contribution in [-0.2, 0) is 16.0 Å². The molecule has 130 valence electrons. The number of hydrogen-bond acceptors (Lipinski definition) is 4. The van der Waals surface area contributed by atoms with Crippen molar-refractivity contribution in [1.29, 1.82) is 0 Å². The second-order valence-corrected chi connectivity index (χ2v) is 6.90. The number of carbonyl (C=O) groups is 2. The summed E-state index contributed by atoms with van der Waals surface area (Å²) in [6.07, 6.45) is 5.26. The van der Waals surface area contributed by atoms with E-state index in [1.165, 1.54) is 0 Å². The number of allylic oxidation sites excluding steroid dienone is 2. The van der Waals surface area contributed by atoms with Gasteiger partial charge in [-0.3, -0.25) is 9.59 Å². The van der Waals surface area contributed by atoms with E-state index >= 15 is 0 Å². The molecule has 1 aliphatic carbocycles. The molecule has 3 rings (SSSR count). The minimum Gasteiger partial charge on any atom is -0.481 e. The van der Waals surface area contributed by atoms with Crippen LogP contribution in [0.15, 0.2) is 47.9 Å². The Hall–Kier alpha value is -2.47. The Morgan fingerprint density at radius 3 is 2.60 bits per heavy atom. The highest BCUT2D eigenvalue weighted by Crippen LogP contribution is 2.26. The molecular formula is C19H20N2O3S. The smallest absolute Gasteiger partial charge is 0.307 e. The van der Waals surface area contributed by atoms with Crippen LogP contribution < -0.4 is 5.32 Å². The van der Waals surface area contributed by atoms with E-state index in [0.29, 0.717) is 25.8 Å². The molecule has 2 aromatic rings. The van der Waals surface area contributed by atoms with Gasteiger partial charge in [-0.25, -0.2) is 4.98 Å². The maximum atomic E-state index is 12.3. The normalized spacial score (nSPS) is 19.5. The van der Waals surface area contributed by atoms with Gasteiger partial charge in [-0.15, -0.1) is 11.3 Å². The highest BCUT2D eigenvalue weighted by Gasteiger charge is 2.33. The highest BCUT2D eigenvalue weighted by molar-refractivity contribution is 7.13. The van der Waals surface area contributed by atoms with Gasteiger partial charge in [-0.1, -0.05) is 42.5 Å². The van der Waals surface area contributed by atoms with E-state index in [0.717, 1.165) is 16.3 Å². The number of amides is 1. The van der Waals surface area contributed by atoms with E-state index in [1.807, 2.05) is 47.9 Å². The monoisotopic (exact) mass is 356 g/mol. The van der Waals surface area contributed by atoms with Crippen molar-refractivity contribution >= 4 is 23.2 Å². The van der Waals surface area contributed by atoms with E-state index < -0.39 is 17.8 Å². The first kappa shape index (κ1) is 17.4. The second-order valence-electron chi connectivity index (χ2n) is 6.05. The van der Waals surface area contributed by atoms with Crippen molar-refractivity contribution in [3.63, 3.8) is 0 Å². The third-order valence-corrected chi connectivity index (χ3v) is 5.28. The number of carboxylic acid groups (broad SMARTS) is 1. The third-order valence-electron chi connectivity index (χ3n) is 4.34. The van der Waals surface area contributed by atoms with Gasteiger partial charge in [0.15, 0.2) is 0 Å². The zero-order valence-electron chi connectivity index (χ0n) is 13.7. The average molecular weight is 356 g/mol. The summed E-state index contributed by atoms with van der Waals surface area (Å²) in [5.74, 6) is -2.21. The lowest BCUT2D eigenvalue weighted by atomic mass is 9.82. The van der Waals surface area contributed by atoms with Gasteiger partial charge < -0.3 is 10.4 Å². The average Bonchev–Trinajstić information content (AvgIpc) is 3.11. The van der Waals surface area contributed by atoms with Crippen molar-refractivity contribution in [3.8, 4) is 10.6 Å². The fourth-order valence-corrected chi connectivity index (χ4v) is 3.82. The second kappa shape index (κ2) is 8.07. The van der Waals surface area contributed by atoms with Gasteiger partial charge >= 0.3 is 5.97 Å². The molecule has 0 aliphatic heterocycles. The van der Waals surface area contributed by atoms with Crippen LogP contribution in [0.25, 0.3) is 10.6 Å². The van der Waals surface area contributed by atoms with Crippen LogP contribution in [0.1, 0.15) is 18.5 Å². The Morgan fingerprint density at radius 2 is 1.88 bits per heavy atom. The molecule has 2 atom stereocenters. The molecule has 25 heavy (non-hydrogen) atoms. The quantitative estimate of drug-likeness (QED) is 0.780. The van der Waals surface area contributed by atoms with Crippen molar-refractivity contribution in [2.75, 3.05) is 6.54 Å². The van der Waals surface area contributed by atoms with Crippen LogP contribution in [0.4, 0.5) is 0 Å². The standard InChI is InChI=1S/C19H20N2O3S/c22-17(15-8-4-5-9-16(15)19(23)24)20-11-10-14-12-25-18(21-14)13-6-2-1-3-7-13/h1-7,12,15-16H,8-11H2,(H,20,22)(H,23,24)/t15-,16+/m1/s1. The lowest BCUT2D eigenvalue weighted by molar-refractivity contribution is -0.147. The minimum absolute atomic E-state index is 0.185. The van der Waals surface area contributed by atoms with Crippen LogP contribution in [0.2, 0.25) is 0 Å². The van der Waals surface area contributed by atoms with E-state index in [1.54, 1.807) is 11.3 Å². The predicted molar refractivity (Wildman–Crippen MR) is 97.3 cm³/mol. The summed E-state index contributed by atoms with van der Waals surface area (Å²) in [5.41, 5.74) is 2.02. The van der Waals surface area contributed by atoms with Crippen molar-refractivity contribution in [3.05, 3.63) is 53.6 Å². The molecular weight excluding hydrogens is 336 g/mol. The maximum absolute atomic E-state index is 12.3. The number of benzene rings is 1. The summed E-state index contributed by atoms with van der Waals surface area (Å²) in [5, 5.41) is 15.1. The maximum Gasteiger partial charge on any atom is 0.307 e. The fraction of sp³-hybridized carbons (Fsp3) is 0.316. The summed E-state index contributed by atoms with van der Waals surface area (Å²) in [4.78, 5) is 28.2. The van der Waals surface area contributed by atoms with Gasteiger partial charge in [0, 0.05) is 23.9 Å². The Balaban J connectivity index is 1.53. The summed E-state index contributed by atoms with van der Waals surface area (Å²) in [7, 11) is 0. The number of nitrogens with zero attached hydrogens (tertiary/aromatic N) is 1. The van der Waals surface area contributed by atoms with Gasteiger partial charge in [0.05, 0.1) is 17.5 Å². The molecule has 0 bridgehead atoms. The van der Waals surface area contributed by atoms with Crippen molar-refractivity contribution in [1.82, 2.24) is 10.3 Å². The van der Waals surface area contributed by atoms with E-state index in [-0.39, 0.29) is 5.91 Å². The molecule has 0 fully saturated rings. The molecule has 6 heteroatoms. The Labute approximate surface area is 150 Å². The molecule has 1 heterocycles. The van der Waals surface area contributed by atoms with E-state index in [2.05, 4.69) is 10.3 Å². The molecule has 0 saturated carbocycles. The number of hydrogen-bond donors (Lipinski definition) is 2. The van der Waals surface area contributed by atoms with Crippen LogP contribution in [0, 0.1) is 11.8 Å². The number of thiazole rings is 1. The Bertz CT molecular complexity index is 770. The number of nitrogens with one attached hydrogen (secondary N) is 1. The number of carbonyl (C=O) groups excluding carboxylic acids is 1. The predicted octanol–water partition coefficient (Wildman–Crippen LogP) is 3.14. The molecule has 5 nitrogen and oxygen atoms in total. The summed E-state index contributed by atoms with van der Waals surface area (Å²) >= 11 is 1.58. The molecule has 0 saturated heterocycles. The molecule has 0 radical (unpaired) electrons. The van der Waals surface area contributed by atoms with Crippen molar-refractivity contribution in [2.24, 2.45) is 11.8 Å². The van der Waals surface area contributed by atoms with E-state index in [4.69, 9.17) is 0 Å². The molecule has 1 aliphatic rings. The topological polar surface area (TPSA) is 79.3 Å². The van der Waals surface area contributed by atoms with Crippen LogP contribution in [0.3, 0.4) is 0 Å². The summed E-state index contributed by atoms with van der Waals surface area (Å²) in [6.45, 7) is 0.462. The number of carboxylic acids is 1. The Kier molecular flexibility index (Phi) is 5.60. The SMILES string of the molecule is O=C(O)[C@H]1CC=CC[C@H]1C(=O)NCCc1csc(-c2ccccc2)n1. The third kappa shape index (κ3) is 4.33. The largest absolute Gasteiger partial charge is 0.481 e. The fourth-order valence-electron chi connectivity index (χ4n) is 2.96. The first-order chi connectivity index (χ1) is 12.1. The number of aliphatic carboxylic acids is 1. The van der Waals surface area contributed by atoms with Crippen molar-refractivity contribution in [2.45, 2.75) is 19.3 Å².